The van der Waals surface area contributed by atoms with Gasteiger partial charge >= 0.3 is 6.09 Å². The molecule has 1 saturated carbocycles. The Morgan fingerprint density at radius 2 is 1.54 bits per heavy atom. The molecule has 4 rings (SSSR count). The number of carbonyl (C=O) groups is 2. The van der Waals surface area contributed by atoms with Crippen LogP contribution in [-0.2, 0) is 14.4 Å². The van der Waals surface area contributed by atoms with Crippen molar-refractivity contribution in [2.75, 3.05) is 18.8 Å². The highest BCUT2D eigenvalue weighted by Crippen LogP contribution is 2.41. The van der Waals surface area contributed by atoms with E-state index in [4.69, 9.17) is 9.16 Å². The van der Waals surface area contributed by atoms with Crippen LogP contribution in [0.4, 0.5) is 4.79 Å². The van der Waals surface area contributed by atoms with Crippen LogP contribution in [0, 0.1) is 5.41 Å². The van der Waals surface area contributed by atoms with Gasteiger partial charge in [0.25, 0.3) is 5.91 Å². The fraction of sp³-hybridized carbons (Fsp3) is 0.568. The van der Waals surface area contributed by atoms with Crippen LogP contribution in [0.5, 0.6) is 5.75 Å². The SMILES string of the molecule is CC(C)(O)CCS(=O)(=O)NC(=O)c1ccc(-c2ccc(C(CN(C[C@H](O[Si](C)(C)C(C)(C)C)c3cccnc3)C(=O)O)C(C)(C)C)cc2)cc1OC1CCCCC1. The summed E-state index contributed by atoms with van der Waals surface area (Å²) in [7, 11) is -6.31. The molecule has 2 aromatic carbocycles. The van der Waals surface area contributed by atoms with E-state index in [0.717, 1.165) is 54.4 Å². The molecule has 1 unspecified atom stereocenters. The van der Waals surface area contributed by atoms with E-state index < -0.39 is 47.8 Å². The minimum atomic E-state index is -4.01. The molecule has 0 bridgehead atoms. The van der Waals surface area contributed by atoms with Gasteiger partial charge in [-0.25, -0.2) is 17.9 Å². The normalized spacial score (nSPS) is 15.8. The van der Waals surface area contributed by atoms with Crippen molar-refractivity contribution in [3.8, 4) is 16.9 Å². The van der Waals surface area contributed by atoms with Gasteiger partial charge in [0.1, 0.15) is 5.75 Å². The Labute approximate surface area is 341 Å². The number of aliphatic hydroxyl groups is 1. The van der Waals surface area contributed by atoms with Crippen molar-refractivity contribution in [2.45, 2.75) is 136 Å². The number of benzene rings is 2. The monoisotopic (exact) mass is 823 g/mol. The Balaban J connectivity index is 1.63. The molecule has 314 valence electrons. The van der Waals surface area contributed by atoms with Crippen LogP contribution in [0.1, 0.15) is 127 Å². The zero-order chi connectivity index (χ0) is 42.4. The van der Waals surface area contributed by atoms with Crippen LogP contribution < -0.4 is 9.46 Å². The summed E-state index contributed by atoms with van der Waals surface area (Å²) in [5.41, 5.74) is 2.09. The van der Waals surface area contributed by atoms with Gasteiger partial charge in [0.05, 0.1) is 35.7 Å². The molecule has 0 radical (unpaired) electrons. The number of amides is 2. The zero-order valence-electron chi connectivity index (χ0n) is 35.6. The Morgan fingerprint density at radius 3 is 2.09 bits per heavy atom. The van der Waals surface area contributed by atoms with Gasteiger partial charge in [-0.15, -0.1) is 0 Å². The maximum Gasteiger partial charge on any atom is 0.407 e. The lowest BCUT2D eigenvalue weighted by atomic mass is 9.76. The van der Waals surface area contributed by atoms with Crippen molar-refractivity contribution in [3.63, 3.8) is 0 Å². The maximum atomic E-state index is 13.4. The molecule has 0 spiro atoms. The Morgan fingerprint density at radius 1 is 0.912 bits per heavy atom. The van der Waals surface area contributed by atoms with Crippen LogP contribution in [0.25, 0.3) is 11.1 Å². The number of hydrogen-bond donors (Lipinski definition) is 3. The van der Waals surface area contributed by atoms with Gasteiger partial charge in [-0.05, 0) is 110 Å². The average Bonchev–Trinajstić information content (AvgIpc) is 3.11. The van der Waals surface area contributed by atoms with Gasteiger partial charge in [0.15, 0.2) is 8.32 Å². The van der Waals surface area contributed by atoms with Gasteiger partial charge in [-0.2, -0.15) is 0 Å². The summed E-state index contributed by atoms with van der Waals surface area (Å²) in [4.78, 5) is 32.1. The van der Waals surface area contributed by atoms with E-state index in [2.05, 4.69) is 64.3 Å². The molecule has 0 aliphatic heterocycles. The van der Waals surface area contributed by atoms with E-state index in [1.165, 1.54) is 18.7 Å². The largest absolute Gasteiger partial charge is 0.490 e. The predicted octanol–water partition coefficient (Wildman–Crippen LogP) is 9.55. The first-order valence-corrected chi connectivity index (χ1v) is 24.7. The van der Waals surface area contributed by atoms with Crippen LogP contribution in [0.2, 0.25) is 18.1 Å². The number of nitrogens with one attached hydrogen (secondary N) is 1. The van der Waals surface area contributed by atoms with Gasteiger partial charge in [0.2, 0.25) is 10.0 Å². The van der Waals surface area contributed by atoms with Gasteiger partial charge in [-0.3, -0.25) is 9.78 Å². The molecule has 1 aliphatic carbocycles. The fourth-order valence-electron chi connectivity index (χ4n) is 6.73. The molecule has 1 aliphatic rings. The molecule has 0 saturated heterocycles. The molecule has 1 aromatic heterocycles. The van der Waals surface area contributed by atoms with Crippen molar-refractivity contribution in [3.05, 3.63) is 83.7 Å². The quantitative estimate of drug-likeness (QED) is 0.120. The molecule has 1 heterocycles. The number of pyridine rings is 1. The summed E-state index contributed by atoms with van der Waals surface area (Å²) in [5.74, 6) is -1.04. The topological polar surface area (TPSA) is 155 Å². The minimum Gasteiger partial charge on any atom is -0.490 e. The second-order valence-electron chi connectivity index (χ2n) is 18.8. The number of aromatic nitrogens is 1. The summed E-state index contributed by atoms with van der Waals surface area (Å²) in [6.07, 6.45) is 6.66. The second-order valence-corrected chi connectivity index (χ2v) is 25.4. The Hall–Kier alpha value is -3.78. The average molecular weight is 824 g/mol. The minimum absolute atomic E-state index is 0.0298. The molecule has 2 amide bonds. The zero-order valence-corrected chi connectivity index (χ0v) is 37.4. The van der Waals surface area contributed by atoms with Crippen LogP contribution in [0.15, 0.2) is 67.0 Å². The number of carboxylic acid groups (broad SMARTS) is 1. The van der Waals surface area contributed by atoms with E-state index in [1.54, 1.807) is 30.6 Å². The highest BCUT2D eigenvalue weighted by Gasteiger charge is 2.41. The predicted molar refractivity (Wildman–Crippen MR) is 229 cm³/mol. The lowest BCUT2D eigenvalue weighted by molar-refractivity contribution is 0.0769. The first kappa shape index (κ1) is 45.9. The lowest BCUT2D eigenvalue weighted by Crippen LogP contribution is -2.46. The lowest BCUT2D eigenvalue weighted by Gasteiger charge is -2.41. The summed E-state index contributed by atoms with van der Waals surface area (Å²) in [6, 6.07) is 17.0. The third kappa shape index (κ3) is 13.4. The third-order valence-electron chi connectivity index (χ3n) is 11.4. The van der Waals surface area contributed by atoms with Crippen LogP contribution in [-0.4, -0.2) is 79.4 Å². The molecule has 13 heteroatoms. The highest BCUT2D eigenvalue weighted by atomic mass is 32.2. The van der Waals surface area contributed by atoms with Crippen molar-refractivity contribution < 1.29 is 37.4 Å². The van der Waals surface area contributed by atoms with E-state index in [-0.39, 0.29) is 47.5 Å². The molecular formula is C44H65N3O8SSi. The molecule has 1 fully saturated rings. The molecular weight excluding hydrogens is 759 g/mol. The number of sulfonamides is 1. The van der Waals surface area contributed by atoms with Gasteiger partial charge in [0, 0.05) is 24.9 Å². The first-order valence-electron chi connectivity index (χ1n) is 20.1. The number of rotatable bonds is 16. The summed E-state index contributed by atoms with van der Waals surface area (Å²) in [5, 5.41) is 20.6. The van der Waals surface area contributed by atoms with E-state index in [0.29, 0.717) is 5.75 Å². The summed E-state index contributed by atoms with van der Waals surface area (Å²) in [6.45, 7) is 20.6. The Bertz CT molecular complexity index is 1910. The first-order chi connectivity index (χ1) is 26.3. The summed E-state index contributed by atoms with van der Waals surface area (Å²) >= 11 is 0. The number of nitrogens with zero attached hydrogens (tertiary/aromatic N) is 2. The number of ether oxygens (including phenoxy) is 1. The van der Waals surface area contributed by atoms with Gasteiger partial charge < -0.3 is 24.3 Å². The number of hydrogen-bond acceptors (Lipinski definition) is 8. The van der Waals surface area contributed by atoms with Crippen LogP contribution >= 0.6 is 0 Å². The molecule has 2 atom stereocenters. The third-order valence-corrected chi connectivity index (χ3v) is 17.1. The van der Waals surface area contributed by atoms with Crippen LogP contribution in [0.3, 0.4) is 0 Å². The maximum absolute atomic E-state index is 13.4. The second kappa shape index (κ2) is 18.4. The molecule has 3 N–H and O–H groups in total. The smallest absolute Gasteiger partial charge is 0.407 e. The van der Waals surface area contributed by atoms with Crippen molar-refractivity contribution in [1.29, 1.82) is 0 Å². The van der Waals surface area contributed by atoms with Crippen molar-refractivity contribution in [2.24, 2.45) is 5.41 Å². The van der Waals surface area contributed by atoms with E-state index in [1.807, 2.05) is 36.4 Å². The standard InChI is InChI=1S/C44H65N3O8SSi/c1-42(2,3)37(29-47(41(49)50)30-39(34-15-14-25-45-28-34)55-57(9,10)43(4,5)6)32-20-18-31(19-21-32)33-22-23-36(38(27-33)54-35-16-12-11-13-17-35)40(48)46-56(52,53)26-24-44(7,8)51/h14-15,18-23,25,27-28,35,37,39,51H,11-13,16-17,24,26,29-30H2,1-10H3,(H,46,48)(H,49,50)/t37?,39-/m0/s1. The highest BCUT2D eigenvalue weighted by molar-refractivity contribution is 7.90. The van der Waals surface area contributed by atoms with Crippen molar-refractivity contribution in [1.82, 2.24) is 14.6 Å². The van der Waals surface area contributed by atoms with E-state index in [9.17, 15) is 28.2 Å². The number of carbonyl (C=O) groups excluding carboxylic acids is 1. The molecule has 57 heavy (non-hydrogen) atoms. The molecule has 11 nitrogen and oxygen atoms in total. The fourth-order valence-corrected chi connectivity index (χ4v) is 9.27. The summed E-state index contributed by atoms with van der Waals surface area (Å²) < 4.78 is 41.0. The van der Waals surface area contributed by atoms with E-state index >= 15 is 0 Å². The molecule has 3 aromatic rings. The van der Waals surface area contributed by atoms with Gasteiger partial charge in [-0.1, -0.05) is 84.4 Å². The Kier molecular flexibility index (Phi) is 14.8. The van der Waals surface area contributed by atoms with Crippen molar-refractivity contribution >= 4 is 30.3 Å².